The number of piperidine rings is 2. The summed E-state index contributed by atoms with van der Waals surface area (Å²) in [4.78, 5) is 14.3. The summed E-state index contributed by atoms with van der Waals surface area (Å²) in [5.41, 5.74) is 4.60. The topological polar surface area (TPSA) is 99.3 Å². The van der Waals surface area contributed by atoms with E-state index in [-0.39, 0.29) is 10.9 Å². The second-order valence-corrected chi connectivity index (χ2v) is 16.3. The van der Waals surface area contributed by atoms with E-state index < -0.39 is 24.0 Å². The molecule has 0 aliphatic carbocycles. The normalized spacial score (nSPS) is 20.4. The maximum Gasteiger partial charge on any atom is 0.393 e. The maximum absolute atomic E-state index is 13.0. The van der Waals surface area contributed by atoms with E-state index in [4.69, 9.17) is 0 Å². The number of rotatable bonds is 9. The van der Waals surface area contributed by atoms with Gasteiger partial charge in [0.05, 0.1) is 24.9 Å². The molecule has 14 heteroatoms. The number of nitrogens with zero attached hydrogens (tertiary/aromatic N) is 7. The molecule has 3 fully saturated rings. The Morgan fingerprint density at radius 2 is 1.81 bits per heavy atom. The summed E-state index contributed by atoms with van der Waals surface area (Å²) >= 11 is 0.201. The van der Waals surface area contributed by atoms with Gasteiger partial charge >= 0.3 is 6.18 Å². The molecule has 1 atom stereocenters. The molecule has 3 aliphatic rings. The third kappa shape index (κ3) is 7.04. The number of hydrogen-bond donors (Lipinski definition) is 1. The van der Waals surface area contributed by atoms with Crippen LogP contribution in [-0.2, 0) is 30.9 Å². The first-order valence-corrected chi connectivity index (χ1v) is 18.9. The van der Waals surface area contributed by atoms with Crippen molar-refractivity contribution in [1.82, 2.24) is 28.6 Å². The van der Waals surface area contributed by atoms with Gasteiger partial charge in [-0.3, -0.25) is 4.90 Å². The van der Waals surface area contributed by atoms with Crippen LogP contribution in [0.4, 0.5) is 19.0 Å². The third-order valence-corrected chi connectivity index (χ3v) is 12.6. The van der Waals surface area contributed by atoms with Crippen molar-refractivity contribution in [1.29, 1.82) is 5.26 Å². The number of anilines is 1. The van der Waals surface area contributed by atoms with Gasteiger partial charge in [0.25, 0.3) is 0 Å². The summed E-state index contributed by atoms with van der Waals surface area (Å²) in [7, 11) is 0. The zero-order valence-corrected chi connectivity index (χ0v) is 29.0. The summed E-state index contributed by atoms with van der Waals surface area (Å²) in [5.74, 6) is 0.604. The lowest BCUT2D eigenvalue weighted by atomic mass is 9.73. The Hall–Kier alpha value is -2.93. The average molecular weight is 699 g/mol. The van der Waals surface area contributed by atoms with Crippen molar-refractivity contribution >= 4 is 49.6 Å². The zero-order valence-electron chi connectivity index (χ0n) is 27.4. The molecule has 4 aromatic rings. The Bertz CT molecular complexity index is 1810. The molecule has 3 aromatic heterocycles. The highest BCUT2D eigenvalue weighted by Gasteiger charge is 2.48. The molecule has 0 radical (unpaired) electrons. The van der Waals surface area contributed by atoms with Gasteiger partial charge in [0, 0.05) is 71.3 Å². The molecule has 1 spiro atoms. The van der Waals surface area contributed by atoms with Gasteiger partial charge in [-0.05, 0) is 75.0 Å². The fourth-order valence-electron chi connectivity index (χ4n) is 7.69. The first-order chi connectivity index (χ1) is 23.0. The smallest absolute Gasteiger partial charge is 0.393 e. The van der Waals surface area contributed by atoms with Gasteiger partial charge in [0.1, 0.15) is 35.0 Å². The highest BCUT2D eigenvalue weighted by atomic mass is 32.2. The molecule has 9 nitrogen and oxygen atoms in total. The van der Waals surface area contributed by atoms with Crippen LogP contribution in [0.15, 0.2) is 30.6 Å². The Balaban J connectivity index is 0.945. The molecule has 0 amide bonds. The van der Waals surface area contributed by atoms with E-state index in [0.29, 0.717) is 27.1 Å². The Morgan fingerprint density at radius 3 is 2.50 bits per heavy atom. The SMILES string of the molecule is Cc1c(CN2CCC(Nc3ncnc4sc(CC(F)(F)F)cc34)CC2)ccc2c1cc(C#N)n2CCN1CCC2(CC1)CN([S+](C)[O-])C2. The Morgan fingerprint density at radius 1 is 1.06 bits per heavy atom. The van der Waals surface area contributed by atoms with E-state index in [1.165, 1.54) is 17.5 Å². The van der Waals surface area contributed by atoms with Crippen LogP contribution in [-0.4, -0.2) is 97.5 Å². The molecule has 6 heterocycles. The van der Waals surface area contributed by atoms with Crippen molar-refractivity contribution in [2.24, 2.45) is 5.41 Å². The fraction of sp³-hybridized carbons (Fsp3) is 0.559. The van der Waals surface area contributed by atoms with Crippen LogP contribution < -0.4 is 5.32 Å². The van der Waals surface area contributed by atoms with Gasteiger partial charge in [-0.2, -0.15) is 18.4 Å². The Kier molecular flexibility index (Phi) is 9.38. The summed E-state index contributed by atoms with van der Waals surface area (Å²) in [5, 5.41) is 15.3. The van der Waals surface area contributed by atoms with E-state index in [9.17, 15) is 23.0 Å². The highest BCUT2D eigenvalue weighted by molar-refractivity contribution is 7.88. The van der Waals surface area contributed by atoms with E-state index >= 15 is 0 Å². The third-order valence-electron chi connectivity index (χ3n) is 10.6. The minimum Gasteiger partial charge on any atom is -0.598 e. The van der Waals surface area contributed by atoms with Crippen LogP contribution in [0.3, 0.4) is 0 Å². The second kappa shape index (κ2) is 13.4. The summed E-state index contributed by atoms with van der Waals surface area (Å²) in [6, 6.07) is 10.6. The van der Waals surface area contributed by atoms with E-state index in [1.54, 1.807) is 12.3 Å². The lowest BCUT2D eigenvalue weighted by molar-refractivity contribution is -0.126. The minimum absolute atomic E-state index is 0.178. The molecule has 1 unspecified atom stereocenters. The number of halogens is 3. The molecule has 3 saturated heterocycles. The number of thiophene rings is 1. The van der Waals surface area contributed by atoms with Crippen molar-refractivity contribution in [3.8, 4) is 6.07 Å². The zero-order chi connectivity index (χ0) is 33.6. The monoisotopic (exact) mass is 698 g/mol. The molecule has 7 rings (SSSR count). The molecular formula is C34H41F3N8OS2. The lowest BCUT2D eigenvalue weighted by Crippen LogP contribution is -2.61. The van der Waals surface area contributed by atoms with Gasteiger partial charge in [-0.25, -0.2) is 9.97 Å². The van der Waals surface area contributed by atoms with Crippen molar-refractivity contribution in [3.63, 3.8) is 0 Å². The number of alkyl halides is 3. The lowest BCUT2D eigenvalue weighted by Gasteiger charge is -2.52. The molecule has 0 saturated carbocycles. The molecule has 0 bridgehead atoms. The van der Waals surface area contributed by atoms with Crippen LogP contribution in [0.25, 0.3) is 21.1 Å². The predicted octanol–water partition coefficient (Wildman–Crippen LogP) is 5.70. The van der Waals surface area contributed by atoms with Crippen LogP contribution in [0.1, 0.15) is 47.4 Å². The molecule has 256 valence electrons. The Labute approximate surface area is 286 Å². The quantitative estimate of drug-likeness (QED) is 0.223. The first kappa shape index (κ1) is 33.6. The average Bonchev–Trinajstić information content (AvgIpc) is 3.61. The second-order valence-electron chi connectivity index (χ2n) is 13.8. The van der Waals surface area contributed by atoms with Crippen LogP contribution >= 0.6 is 11.3 Å². The van der Waals surface area contributed by atoms with Gasteiger partial charge in [0.2, 0.25) is 0 Å². The van der Waals surface area contributed by atoms with Crippen LogP contribution in [0.2, 0.25) is 0 Å². The number of nitriles is 1. The number of benzene rings is 1. The number of aromatic nitrogens is 3. The minimum atomic E-state index is -4.25. The summed E-state index contributed by atoms with van der Waals surface area (Å²) in [6.45, 7) is 10.4. The number of nitrogens with one attached hydrogen (secondary N) is 1. The number of likely N-dealkylation sites (tertiary alicyclic amines) is 2. The van der Waals surface area contributed by atoms with Crippen molar-refractivity contribution in [3.05, 3.63) is 52.3 Å². The molecule has 48 heavy (non-hydrogen) atoms. The van der Waals surface area contributed by atoms with Gasteiger partial charge in [-0.1, -0.05) is 6.07 Å². The highest BCUT2D eigenvalue weighted by Crippen LogP contribution is 2.41. The van der Waals surface area contributed by atoms with Gasteiger partial charge in [-0.15, -0.1) is 15.6 Å². The first-order valence-electron chi connectivity index (χ1n) is 16.6. The van der Waals surface area contributed by atoms with E-state index in [0.717, 1.165) is 107 Å². The molecule has 1 aromatic carbocycles. The number of aryl methyl sites for hydroxylation is 1. The van der Waals surface area contributed by atoms with Crippen molar-refractivity contribution in [2.75, 3.05) is 57.4 Å². The largest absolute Gasteiger partial charge is 0.598 e. The van der Waals surface area contributed by atoms with E-state index in [1.807, 2.05) is 6.07 Å². The van der Waals surface area contributed by atoms with Crippen LogP contribution in [0, 0.1) is 23.7 Å². The van der Waals surface area contributed by atoms with Crippen molar-refractivity contribution < 1.29 is 17.7 Å². The summed E-state index contributed by atoms with van der Waals surface area (Å²) < 4.78 is 54.8. The number of hydrogen-bond acceptors (Lipinski definition) is 9. The molecule has 1 N–H and O–H groups in total. The molecule has 3 aliphatic heterocycles. The maximum atomic E-state index is 13.0. The van der Waals surface area contributed by atoms with Crippen LogP contribution in [0.5, 0.6) is 0 Å². The standard InChI is InChI=1S/C34H41F3N8OS2/c1-23-24(19-43-9-5-25(6-10-43)41-31-29-16-27(17-34(35,36)37)47-32(29)40-22-39-31)3-4-30-28(23)15-26(18-38)45(30)14-13-42-11-7-33(8-12-42)20-44(21-33)48(2)46/h3-4,15-16,22,25H,5-14,17,19-21H2,1-2H3,(H,39,40,41). The van der Waals surface area contributed by atoms with Crippen molar-refractivity contribution in [2.45, 2.75) is 64.3 Å². The van der Waals surface area contributed by atoms with Gasteiger partial charge in [0.15, 0.2) is 0 Å². The summed E-state index contributed by atoms with van der Waals surface area (Å²) in [6.07, 6.45) is 2.04. The number of fused-ring (bicyclic) bond motifs is 2. The fourth-order valence-corrected chi connectivity index (χ4v) is 9.63. The van der Waals surface area contributed by atoms with E-state index in [2.05, 4.69) is 59.1 Å². The molecular weight excluding hydrogens is 658 g/mol. The predicted molar refractivity (Wildman–Crippen MR) is 184 cm³/mol. The van der Waals surface area contributed by atoms with Gasteiger partial charge < -0.3 is 19.3 Å².